The number of carbonyl (C=O) groups excluding carboxylic acids is 2. The van der Waals surface area contributed by atoms with Crippen LogP contribution < -0.4 is 74.4 Å². The van der Waals surface area contributed by atoms with E-state index in [0.717, 1.165) is 0 Å². The van der Waals surface area contributed by atoms with Crippen LogP contribution >= 0.6 is 0 Å². The maximum Gasteiger partial charge on any atom is 1.00 e. The predicted octanol–water partition coefficient (Wildman–Crippen LogP) is -5.45. The van der Waals surface area contributed by atoms with Gasteiger partial charge in [0.1, 0.15) is 6.04 Å². The third-order valence-electron chi connectivity index (χ3n) is 4.41. The van der Waals surface area contributed by atoms with Crippen molar-refractivity contribution >= 4 is 35.9 Å². The quantitative estimate of drug-likeness (QED) is 0.277. The number of aromatic nitrogens is 4. The fourth-order valence-corrected chi connectivity index (χ4v) is 3.10. The van der Waals surface area contributed by atoms with Crippen LogP contribution in [-0.2, 0) is 22.2 Å². The van der Waals surface area contributed by atoms with Gasteiger partial charge in [-0.05, 0) is 54.6 Å². The average Bonchev–Trinajstić information content (AvgIpc) is 3.15. The fraction of sp³-hybridized carbons (Fsp3) is 0.211. The Kier molecular flexibility index (Phi) is 11.1. The Labute approximate surface area is 229 Å². The Morgan fingerprint density at radius 2 is 1.74 bits per heavy atom. The van der Waals surface area contributed by atoms with E-state index in [-0.39, 0.29) is 70.2 Å². The third-order valence-corrected chi connectivity index (χ3v) is 4.66. The number of tetrazole rings is 1. The van der Waals surface area contributed by atoms with Crippen molar-refractivity contribution in [2.45, 2.75) is 31.1 Å². The number of benzene rings is 2. The molecule has 0 fully saturated rings. The van der Waals surface area contributed by atoms with E-state index >= 15 is 0 Å². The van der Waals surface area contributed by atoms with E-state index in [9.17, 15) is 14.7 Å². The summed E-state index contributed by atoms with van der Waals surface area (Å²) in [4.78, 5) is 25.9. The molecule has 9 nitrogen and oxygen atoms in total. The van der Waals surface area contributed by atoms with Crippen LogP contribution in [0.2, 0.25) is 0 Å². The number of para-hydroxylation sites is 1. The van der Waals surface area contributed by atoms with Crippen molar-refractivity contribution in [3.8, 4) is 5.69 Å². The van der Waals surface area contributed by atoms with Gasteiger partial charge < -0.3 is 32.7 Å². The Balaban J connectivity index is 0.00000240. The van der Waals surface area contributed by atoms with Gasteiger partial charge in [0.05, 0.1) is 17.7 Å². The largest absolute Gasteiger partial charge is 1.00 e. The number of nitrogens with one attached hydrogen (secondary N) is 1. The van der Waals surface area contributed by atoms with E-state index in [0.29, 0.717) is 17.1 Å². The van der Waals surface area contributed by atoms with Crippen molar-refractivity contribution in [3.05, 3.63) is 54.6 Å². The van der Waals surface area contributed by atoms with Crippen LogP contribution in [0.3, 0.4) is 0 Å². The van der Waals surface area contributed by atoms with Crippen LogP contribution in [0.5, 0.6) is 0 Å². The fourth-order valence-electron chi connectivity index (χ4n) is 2.93. The summed E-state index contributed by atoms with van der Waals surface area (Å²) in [6, 6.07) is 13.9. The van der Waals surface area contributed by atoms with Gasteiger partial charge in [0.15, 0.2) is 0 Å². The number of rotatable bonds is 7. The van der Waals surface area contributed by atoms with Crippen molar-refractivity contribution in [2.24, 2.45) is 0 Å². The van der Waals surface area contributed by atoms with Gasteiger partial charge in [0, 0.05) is 16.5 Å². The number of hydrogen-bond acceptors (Lipinski definition) is 8. The molecule has 0 spiro atoms. The van der Waals surface area contributed by atoms with Gasteiger partial charge in [0.2, 0.25) is 5.91 Å². The molecule has 150 valence electrons. The van der Waals surface area contributed by atoms with E-state index in [2.05, 4.69) is 20.8 Å². The smallest absolute Gasteiger partial charge is 0.738 e. The molecule has 12 heteroatoms. The standard InChI is InChI=1S/C19H20N6O3S.2Na/c1-12(24(13(2)18(27)28)15-8-4-3-5-9-15)17(26)20-14-7-6-10-16(11-14)25-19(29)21-22-23-25;;/h3-13H,1-2H3,(H,20,26)(H,27,28)(H,21,23,29);;/q;2*+1/p-2. The van der Waals surface area contributed by atoms with Gasteiger partial charge >= 0.3 is 59.1 Å². The second-order valence-corrected chi connectivity index (χ2v) is 6.69. The van der Waals surface area contributed by atoms with E-state index in [1.807, 2.05) is 6.07 Å². The number of carbonyl (C=O) groups is 2. The Bertz CT molecular complexity index is 1020. The van der Waals surface area contributed by atoms with Gasteiger partial charge in [-0.3, -0.25) is 4.79 Å². The van der Waals surface area contributed by atoms with Gasteiger partial charge in [0.25, 0.3) is 0 Å². The van der Waals surface area contributed by atoms with Crippen molar-refractivity contribution in [2.75, 3.05) is 10.2 Å². The number of carboxylic acids is 1. The zero-order valence-corrected chi connectivity index (χ0v) is 22.5. The molecular formula is C19H18N6Na2O3S. The zero-order chi connectivity index (χ0) is 21.0. The first-order chi connectivity index (χ1) is 13.9. The number of aliphatic carboxylic acids is 1. The summed E-state index contributed by atoms with van der Waals surface area (Å²) in [7, 11) is 0. The van der Waals surface area contributed by atoms with Crippen molar-refractivity contribution in [1.29, 1.82) is 0 Å². The molecule has 2 unspecified atom stereocenters. The maximum absolute atomic E-state index is 12.9. The van der Waals surface area contributed by atoms with Crippen LogP contribution in [0.25, 0.3) is 5.69 Å². The Hall–Kier alpha value is -1.53. The molecule has 0 saturated carbocycles. The summed E-state index contributed by atoms with van der Waals surface area (Å²) in [6.45, 7) is 3.11. The molecule has 0 saturated heterocycles. The zero-order valence-electron chi connectivity index (χ0n) is 17.7. The van der Waals surface area contributed by atoms with E-state index in [4.69, 9.17) is 12.6 Å². The Morgan fingerprint density at radius 1 is 1.06 bits per heavy atom. The van der Waals surface area contributed by atoms with E-state index in [1.165, 1.54) is 16.5 Å². The minimum absolute atomic E-state index is 0. The third kappa shape index (κ3) is 6.72. The molecule has 1 heterocycles. The van der Waals surface area contributed by atoms with Crippen LogP contribution in [0.1, 0.15) is 13.8 Å². The van der Waals surface area contributed by atoms with Gasteiger partial charge in [-0.15, -0.1) is 5.10 Å². The van der Waals surface area contributed by atoms with Crippen molar-refractivity contribution in [1.82, 2.24) is 20.2 Å². The molecular weight excluding hydrogens is 438 g/mol. The summed E-state index contributed by atoms with van der Waals surface area (Å²) >= 11 is 5.05. The molecule has 1 N–H and O–H groups in total. The predicted molar refractivity (Wildman–Crippen MR) is 106 cm³/mol. The first-order valence-corrected chi connectivity index (χ1v) is 9.20. The van der Waals surface area contributed by atoms with Crippen LogP contribution in [0.15, 0.2) is 59.8 Å². The molecule has 0 radical (unpaired) electrons. The Morgan fingerprint density at radius 3 is 2.32 bits per heavy atom. The molecule has 0 bridgehead atoms. The second-order valence-electron chi connectivity index (χ2n) is 6.33. The van der Waals surface area contributed by atoms with Gasteiger partial charge in [-0.1, -0.05) is 24.3 Å². The number of carboxylic acid groups (broad SMARTS) is 1. The minimum Gasteiger partial charge on any atom is -0.738 e. The number of hydrogen-bond donors (Lipinski definition) is 1. The SMILES string of the molecule is CC(C(=O)[O-])N(c1ccccc1)C(C)C(=O)Nc1cccc(-n2nnnc2[S-])c1.[Na+].[Na+]. The van der Waals surface area contributed by atoms with Gasteiger partial charge in [-0.25, -0.2) is 4.68 Å². The summed E-state index contributed by atoms with van der Waals surface area (Å²) in [5, 5.41) is 25.5. The molecule has 0 aliphatic heterocycles. The summed E-state index contributed by atoms with van der Waals surface area (Å²) in [6.07, 6.45) is 0. The van der Waals surface area contributed by atoms with Crippen molar-refractivity contribution in [3.63, 3.8) is 0 Å². The molecule has 2 atom stereocenters. The molecule has 3 rings (SSSR count). The maximum atomic E-state index is 12.9. The minimum atomic E-state index is -1.27. The van der Waals surface area contributed by atoms with Crippen LogP contribution in [-0.4, -0.2) is 44.2 Å². The van der Waals surface area contributed by atoms with E-state index < -0.39 is 18.1 Å². The second kappa shape index (κ2) is 12.5. The molecule has 0 aliphatic carbocycles. The van der Waals surface area contributed by atoms with Crippen LogP contribution in [0, 0.1) is 0 Å². The van der Waals surface area contributed by atoms with Crippen LogP contribution in [0.4, 0.5) is 11.4 Å². The van der Waals surface area contributed by atoms with E-state index in [1.54, 1.807) is 55.5 Å². The first kappa shape index (κ1) is 27.5. The molecule has 1 amide bonds. The monoisotopic (exact) mass is 456 g/mol. The van der Waals surface area contributed by atoms with Crippen molar-refractivity contribution < 1.29 is 73.8 Å². The average molecular weight is 456 g/mol. The summed E-state index contributed by atoms with van der Waals surface area (Å²) in [5.41, 5.74) is 1.69. The molecule has 2 aromatic carbocycles. The molecule has 3 aromatic rings. The summed E-state index contributed by atoms with van der Waals surface area (Å²) < 4.78 is 1.36. The molecule has 1 aromatic heterocycles. The first-order valence-electron chi connectivity index (χ1n) is 8.79. The molecule has 31 heavy (non-hydrogen) atoms. The number of anilines is 2. The topological polar surface area (TPSA) is 116 Å². The number of amides is 1. The summed E-state index contributed by atoms with van der Waals surface area (Å²) in [5.74, 6) is -1.65. The number of nitrogens with zero attached hydrogens (tertiary/aromatic N) is 5. The normalized spacial score (nSPS) is 11.9. The van der Waals surface area contributed by atoms with Gasteiger partial charge in [-0.2, -0.15) is 0 Å². The molecule has 0 aliphatic rings.